The van der Waals surface area contributed by atoms with Gasteiger partial charge in [0.15, 0.2) is 0 Å². The summed E-state index contributed by atoms with van der Waals surface area (Å²) in [6, 6.07) is 6.73. The van der Waals surface area contributed by atoms with Gasteiger partial charge >= 0.3 is 0 Å². The number of nitrogens with zero attached hydrogens (tertiary/aromatic N) is 3. The predicted octanol–water partition coefficient (Wildman–Crippen LogP) is 5.61. The van der Waals surface area contributed by atoms with E-state index in [9.17, 15) is 0 Å². The normalized spacial score (nSPS) is 32.9. The van der Waals surface area contributed by atoms with Crippen molar-refractivity contribution >= 4 is 0 Å². The molecule has 0 amide bonds. The lowest BCUT2D eigenvalue weighted by Crippen LogP contribution is -2.45. The summed E-state index contributed by atoms with van der Waals surface area (Å²) >= 11 is 0. The molecule has 0 saturated heterocycles. The Morgan fingerprint density at radius 1 is 0.967 bits per heavy atom. The molecule has 5 aliphatic rings. The molecule has 0 aliphatic heterocycles. The lowest BCUT2D eigenvalue weighted by molar-refractivity contribution is -0.0393. The standard InChI is InChI=1S/C26H36N4/c1-2-6-23(5-1)30-17-22(26(29-30)25-7-3-4-9-28-25)16-27-10-8-24-20-12-18-11-19(14-20)15-21(24)13-18/h3-4,7,9,17-21,23-24,27H,1-2,5-6,8,10-16H2. The molecule has 0 aromatic carbocycles. The van der Waals surface area contributed by atoms with Crippen LogP contribution in [0.25, 0.3) is 11.4 Å². The molecule has 2 aromatic rings. The molecule has 0 atom stereocenters. The second kappa shape index (κ2) is 8.11. The maximum Gasteiger partial charge on any atom is 0.115 e. The molecule has 5 aliphatic carbocycles. The highest BCUT2D eigenvalue weighted by Crippen LogP contribution is 2.57. The molecule has 0 spiro atoms. The highest BCUT2D eigenvalue weighted by atomic mass is 15.3. The van der Waals surface area contributed by atoms with Gasteiger partial charge in [0.2, 0.25) is 0 Å². The third-order valence-electron chi connectivity index (χ3n) is 8.81. The largest absolute Gasteiger partial charge is 0.313 e. The molecule has 4 heteroatoms. The van der Waals surface area contributed by atoms with Crippen molar-refractivity contribution in [3.8, 4) is 11.4 Å². The Morgan fingerprint density at radius 2 is 1.73 bits per heavy atom. The smallest absolute Gasteiger partial charge is 0.115 e. The van der Waals surface area contributed by atoms with E-state index >= 15 is 0 Å². The second-order valence-corrected chi connectivity index (χ2v) is 10.7. The fraction of sp³-hybridized carbons (Fsp3) is 0.692. The van der Waals surface area contributed by atoms with E-state index in [0.717, 1.165) is 54.1 Å². The number of hydrogen-bond acceptors (Lipinski definition) is 3. The van der Waals surface area contributed by atoms with Crippen molar-refractivity contribution in [3.63, 3.8) is 0 Å². The Morgan fingerprint density at radius 3 is 2.43 bits per heavy atom. The fourth-order valence-electron chi connectivity index (χ4n) is 7.63. The van der Waals surface area contributed by atoms with Crippen LogP contribution >= 0.6 is 0 Å². The lowest BCUT2D eigenvalue weighted by atomic mass is 9.51. The van der Waals surface area contributed by atoms with Gasteiger partial charge in [-0.05, 0) is 99.6 Å². The molecule has 5 fully saturated rings. The Balaban J connectivity index is 1.11. The van der Waals surface area contributed by atoms with Crippen LogP contribution in [0.3, 0.4) is 0 Å². The first-order valence-electron chi connectivity index (χ1n) is 12.5. The topological polar surface area (TPSA) is 42.7 Å². The minimum atomic E-state index is 0.578. The summed E-state index contributed by atoms with van der Waals surface area (Å²) in [5.74, 6) is 5.23. The van der Waals surface area contributed by atoms with E-state index in [0.29, 0.717) is 6.04 Å². The molecule has 4 bridgehead atoms. The Hall–Kier alpha value is -1.68. The van der Waals surface area contributed by atoms with Crippen LogP contribution in [0.4, 0.5) is 0 Å². The van der Waals surface area contributed by atoms with Gasteiger partial charge in [-0.25, -0.2) is 0 Å². The molecule has 0 unspecified atom stereocenters. The van der Waals surface area contributed by atoms with Crippen molar-refractivity contribution in [2.45, 2.75) is 76.8 Å². The average molecular weight is 405 g/mol. The van der Waals surface area contributed by atoms with Crippen molar-refractivity contribution < 1.29 is 0 Å². The van der Waals surface area contributed by atoms with Gasteiger partial charge in [0.05, 0.1) is 11.7 Å². The molecule has 4 nitrogen and oxygen atoms in total. The average Bonchev–Trinajstić information content (AvgIpc) is 3.43. The summed E-state index contributed by atoms with van der Waals surface area (Å²) in [5, 5.41) is 8.80. The monoisotopic (exact) mass is 404 g/mol. The summed E-state index contributed by atoms with van der Waals surface area (Å²) < 4.78 is 2.24. The molecule has 1 N–H and O–H groups in total. The second-order valence-electron chi connectivity index (χ2n) is 10.7. The van der Waals surface area contributed by atoms with E-state index in [2.05, 4.69) is 33.3 Å². The maximum absolute atomic E-state index is 5.00. The summed E-state index contributed by atoms with van der Waals surface area (Å²) in [6.07, 6.45) is 18.5. The van der Waals surface area contributed by atoms with Crippen molar-refractivity contribution in [2.24, 2.45) is 29.6 Å². The first-order valence-corrected chi connectivity index (χ1v) is 12.5. The van der Waals surface area contributed by atoms with Crippen LogP contribution in [0.1, 0.15) is 75.8 Å². The van der Waals surface area contributed by atoms with E-state index < -0.39 is 0 Å². The van der Waals surface area contributed by atoms with Crippen LogP contribution in [-0.4, -0.2) is 21.3 Å². The van der Waals surface area contributed by atoms with Gasteiger partial charge < -0.3 is 5.32 Å². The van der Waals surface area contributed by atoms with Crippen LogP contribution < -0.4 is 5.32 Å². The Kier molecular flexibility index (Phi) is 5.14. The van der Waals surface area contributed by atoms with Gasteiger partial charge in [-0.2, -0.15) is 5.10 Å². The molecule has 5 saturated carbocycles. The van der Waals surface area contributed by atoms with Crippen LogP contribution in [0.2, 0.25) is 0 Å². The van der Waals surface area contributed by atoms with Crippen LogP contribution in [0.15, 0.2) is 30.6 Å². The van der Waals surface area contributed by atoms with E-state index in [-0.39, 0.29) is 0 Å². The number of nitrogens with one attached hydrogen (secondary N) is 1. The molecule has 0 radical (unpaired) electrons. The lowest BCUT2D eigenvalue weighted by Gasteiger charge is -2.54. The van der Waals surface area contributed by atoms with Crippen molar-refractivity contribution in [1.29, 1.82) is 0 Å². The zero-order valence-corrected chi connectivity index (χ0v) is 18.2. The summed E-state index contributed by atoms with van der Waals surface area (Å²) in [7, 11) is 0. The fourth-order valence-corrected chi connectivity index (χ4v) is 7.63. The van der Waals surface area contributed by atoms with Crippen LogP contribution in [-0.2, 0) is 6.54 Å². The Labute approximate surface area is 180 Å². The molecule has 2 heterocycles. The first-order chi connectivity index (χ1) is 14.8. The quantitative estimate of drug-likeness (QED) is 0.610. The third-order valence-corrected chi connectivity index (χ3v) is 8.81. The highest BCUT2D eigenvalue weighted by Gasteiger charge is 2.47. The van der Waals surface area contributed by atoms with Crippen molar-refractivity contribution in [2.75, 3.05) is 6.54 Å². The van der Waals surface area contributed by atoms with E-state index in [4.69, 9.17) is 5.10 Å². The summed E-state index contributed by atoms with van der Waals surface area (Å²) in [4.78, 5) is 4.60. The number of aromatic nitrogens is 3. The van der Waals surface area contributed by atoms with Gasteiger partial charge in [0.1, 0.15) is 5.69 Å². The van der Waals surface area contributed by atoms with Gasteiger partial charge in [-0.1, -0.05) is 18.9 Å². The molecule has 2 aromatic heterocycles. The van der Waals surface area contributed by atoms with E-state index in [1.54, 1.807) is 6.42 Å². The minimum Gasteiger partial charge on any atom is -0.313 e. The van der Waals surface area contributed by atoms with E-state index in [1.807, 2.05) is 12.3 Å². The first kappa shape index (κ1) is 19.0. The molecule has 30 heavy (non-hydrogen) atoms. The predicted molar refractivity (Wildman–Crippen MR) is 120 cm³/mol. The maximum atomic E-state index is 5.00. The van der Waals surface area contributed by atoms with Crippen LogP contribution in [0, 0.1) is 29.6 Å². The SMILES string of the molecule is c1ccc(-c2nn(C3CCCC3)cc2CNCCC2C3CC4CC(C3)CC2C4)nc1. The number of hydrogen-bond donors (Lipinski definition) is 1. The number of rotatable bonds is 7. The van der Waals surface area contributed by atoms with Crippen molar-refractivity contribution in [3.05, 3.63) is 36.2 Å². The van der Waals surface area contributed by atoms with Gasteiger partial charge in [0.25, 0.3) is 0 Å². The summed E-state index contributed by atoms with van der Waals surface area (Å²) in [6.45, 7) is 2.05. The zero-order valence-electron chi connectivity index (χ0n) is 18.2. The summed E-state index contributed by atoms with van der Waals surface area (Å²) in [5.41, 5.74) is 3.39. The van der Waals surface area contributed by atoms with Gasteiger partial charge in [-0.3, -0.25) is 9.67 Å². The highest BCUT2D eigenvalue weighted by molar-refractivity contribution is 5.58. The van der Waals surface area contributed by atoms with Crippen molar-refractivity contribution in [1.82, 2.24) is 20.1 Å². The third kappa shape index (κ3) is 3.62. The minimum absolute atomic E-state index is 0.578. The number of pyridine rings is 1. The van der Waals surface area contributed by atoms with Crippen LogP contribution in [0.5, 0.6) is 0 Å². The molecule has 7 rings (SSSR count). The van der Waals surface area contributed by atoms with Gasteiger partial charge in [0, 0.05) is 24.5 Å². The molecule has 160 valence electrons. The Bertz CT molecular complexity index is 823. The molecular weight excluding hydrogens is 368 g/mol. The zero-order chi connectivity index (χ0) is 19.9. The van der Waals surface area contributed by atoms with E-state index in [1.165, 1.54) is 63.4 Å². The van der Waals surface area contributed by atoms with Gasteiger partial charge in [-0.15, -0.1) is 0 Å². The molecular formula is C26H36N4.